The van der Waals surface area contributed by atoms with Crippen molar-refractivity contribution in [2.75, 3.05) is 13.1 Å². The molecule has 0 spiro atoms. The number of carbonyl (C=O) groups excluding carboxylic acids is 5. The van der Waals surface area contributed by atoms with Gasteiger partial charge in [-0.3, -0.25) is 24.0 Å². The molecule has 1 saturated carbocycles. The topological polar surface area (TPSA) is 194 Å². The Kier molecular flexibility index (Phi) is 15.8. The molecule has 372 valence electrons. The van der Waals surface area contributed by atoms with Gasteiger partial charge in [-0.15, -0.1) is 11.3 Å². The standard InChI is InChI=1S/C54H66ClN7O7S/c1-32-44(70-31-58-32)34-17-15-33(16-18-34)28-57-47(66)42-25-38(63)30-62(42)49(68)45(52(2,3)4)59-43(64)14-12-10-9-11-13-23-61-29-37-20-19-35(24-40(37)48(61)67)46(65)60-50-53(5,6)51(54(50,7)8)69-39-22-21-36(27-56)41(55)26-39/h15-22,24,26,31,38,42,45,50-51,63H,9-14,23,25,28-30H2,1-8H3,(H,57,66)(H,59,64)(H,60,65)/t38-,42+,45-,50?,51?/m1/s1. The fraction of sp³-hybridized carbons (Fsp3) is 0.500. The maximum atomic E-state index is 14.1. The fourth-order valence-electron chi connectivity index (χ4n) is 10.6. The molecule has 14 nitrogen and oxygen atoms in total. The molecule has 1 aromatic heterocycles. The summed E-state index contributed by atoms with van der Waals surface area (Å²) in [6, 6.07) is 18.3. The zero-order valence-corrected chi connectivity index (χ0v) is 43.1. The Morgan fingerprint density at radius 3 is 2.34 bits per heavy atom. The van der Waals surface area contributed by atoms with E-state index in [0.29, 0.717) is 47.0 Å². The van der Waals surface area contributed by atoms with Crippen LogP contribution in [0.2, 0.25) is 5.02 Å². The molecular formula is C54H66ClN7O7S. The summed E-state index contributed by atoms with van der Waals surface area (Å²) in [5.74, 6) is -0.791. The molecule has 3 aromatic carbocycles. The highest BCUT2D eigenvalue weighted by atomic mass is 35.5. The molecule has 1 saturated heterocycles. The second kappa shape index (κ2) is 21.3. The van der Waals surface area contributed by atoms with Gasteiger partial charge in [0.1, 0.15) is 30.0 Å². The van der Waals surface area contributed by atoms with Crippen molar-refractivity contribution in [1.82, 2.24) is 30.7 Å². The second-order valence-electron chi connectivity index (χ2n) is 21.4. The van der Waals surface area contributed by atoms with Gasteiger partial charge < -0.3 is 35.6 Å². The van der Waals surface area contributed by atoms with Crippen molar-refractivity contribution in [3.8, 4) is 22.3 Å². The Balaban J connectivity index is 0.821. The van der Waals surface area contributed by atoms with Crippen molar-refractivity contribution in [3.63, 3.8) is 0 Å². The van der Waals surface area contributed by atoms with Gasteiger partial charge in [-0.25, -0.2) is 4.98 Å². The number of unbranched alkanes of at least 4 members (excludes halogenated alkanes) is 4. The van der Waals surface area contributed by atoms with Gasteiger partial charge in [0.05, 0.1) is 32.8 Å². The number of carbonyl (C=O) groups is 5. The number of hydrogen-bond acceptors (Lipinski definition) is 10. The van der Waals surface area contributed by atoms with Crippen molar-refractivity contribution < 1.29 is 33.8 Å². The summed E-state index contributed by atoms with van der Waals surface area (Å²) in [5, 5.41) is 29.3. The van der Waals surface area contributed by atoms with E-state index in [1.807, 2.05) is 96.1 Å². The number of aliphatic hydroxyl groups is 1. The van der Waals surface area contributed by atoms with Crippen LogP contribution in [-0.4, -0.2) is 92.8 Å². The number of ether oxygens (including phenoxy) is 1. The average Bonchev–Trinajstić information content (AvgIpc) is 4.02. The number of aromatic nitrogens is 1. The van der Waals surface area contributed by atoms with E-state index in [9.17, 15) is 34.3 Å². The van der Waals surface area contributed by atoms with Crippen LogP contribution in [0.25, 0.3) is 10.4 Å². The first-order valence-corrected chi connectivity index (χ1v) is 25.5. The summed E-state index contributed by atoms with van der Waals surface area (Å²) >= 11 is 7.83. The van der Waals surface area contributed by atoms with E-state index in [1.54, 1.807) is 41.7 Å². The summed E-state index contributed by atoms with van der Waals surface area (Å²) in [7, 11) is 0. The Bertz CT molecular complexity index is 2640. The molecule has 4 aromatic rings. The van der Waals surface area contributed by atoms with Crippen LogP contribution in [0, 0.1) is 34.5 Å². The number of nitrogens with one attached hydrogen (secondary N) is 3. The van der Waals surface area contributed by atoms with Gasteiger partial charge in [-0.2, -0.15) is 5.26 Å². The van der Waals surface area contributed by atoms with Gasteiger partial charge in [0.15, 0.2) is 0 Å². The van der Waals surface area contributed by atoms with E-state index < -0.39 is 40.3 Å². The van der Waals surface area contributed by atoms with Gasteiger partial charge in [-0.1, -0.05) is 110 Å². The highest BCUT2D eigenvalue weighted by Gasteiger charge is 2.64. The Morgan fingerprint density at radius 1 is 0.986 bits per heavy atom. The molecule has 1 aliphatic carbocycles. The summed E-state index contributed by atoms with van der Waals surface area (Å²) < 4.78 is 6.37. The zero-order chi connectivity index (χ0) is 50.7. The first-order valence-electron chi connectivity index (χ1n) is 24.2. The van der Waals surface area contributed by atoms with Gasteiger partial charge in [-0.05, 0) is 66.1 Å². The molecular weight excluding hydrogens is 926 g/mol. The highest BCUT2D eigenvalue weighted by molar-refractivity contribution is 7.13. The van der Waals surface area contributed by atoms with Crippen LogP contribution in [0.3, 0.4) is 0 Å². The number of rotatable bonds is 18. The third kappa shape index (κ3) is 11.4. The molecule has 5 amide bonds. The lowest BCUT2D eigenvalue weighted by atomic mass is 9.49. The summed E-state index contributed by atoms with van der Waals surface area (Å²) in [6.07, 6.45) is 3.20. The molecule has 0 bridgehead atoms. The molecule has 4 N–H and O–H groups in total. The van der Waals surface area contributed by atoms with Crippen LogP contribution < -0.4 is 20.7 Å². The predicted octanol–water partition coefficient (Wildman–Crippen LogP) is 8.36. The molecule has 2 aliphatic heterocycles. The summed E-state index contributed by atoms with van der Waals surface area (Å²) in [5.41, 5.74) is 5.42. The minimum Gasteiger partial charge on any atom is -0.489 e. The van der Waals surface area contributed by atoms with Crippen LogP contribution in [0.15, 0.2) is 66.2 Å². The molecule has 70 heavy (non-hydrogen) atoms. The number of nitriles is 1. The quantitative estimate of drug-likeness (QED) is 0.0709. The van der Waals surface area contributed by atoms with Gasteiger partial charge in [0, 0.05) is 73.1 Å². The smallest absolute Gasteiger partial charge is 0.254 e. The van der Waals surface area contributed by atoms with Crippen LogP contribution in [0.5, 0.6) is 5.75 Å². The van der Waals surface area contributed by atoms with E-state index in [2.05, 4.69) is 27.0 Å². The number of β-amino-alcohol motifs (C(OH)–C–C–N with tert-alkyl or cyclic N) is 1. The second-order valence-corrected chi connectivity index (χ2v) is 22.6. The number of likely N-dealkylation sites (tertiary alicyclic amines) is 1. The van der Waals surface area contributed by atoms with Crippen LogP contribution in [0.1, 0.15) is 137 Å². The number of halogens is 1. The molecule has 16 heteroatoms. The number of amides is 5. The van der Waals surface area contributed by atoms with Crippen molar-refractivity contribution in [1.29, 1.82) is 5.26 Å². The molecule has 3 aliphatic rings. The Hall–Kier alpha value is -5.82. The number of fused-ring (bicyclic) bond motifs is 1. The summed E-state index contributed by atoms with van der Waals surface area (Å²) in [6.45, 7) is 17.1. The molecule has 3 heterocycles. The van der Waals surface area contributed by atoms with Crippen molar-refractivity contribution in [2.24, 2.45) is 16.2 Å². The molecule has 0 unspecified atom stereocenters. The van der Waals surface area contributed by atoms with Crippen molar-refractivity contribution in [2.45, 2.75) is 144 Å². The Labute approximate surface area is 420 Å². The van der Waals surface area contributed by atoms with E-state index in [4.69, 9.17) is 16.3 Å². The zero-order valence-electron chi connectivity index (χ0n) is 41.5. The first kappa shape index (κ1) is 52.0. The minimum atomic E-state index is -0.895. The monoisotopic (exact) mass is 991 g/mol. The maximum absolute atomic E-state index is 14.1. The highest BCUT2D eigenvalue weighted by Crippen LogP contribution is 2.55. The maximum Gasteiger partial charge on any atom is 0.254 e. The normalized spacial score (nSPS) is 20.5. The summed E-state index contributed by atoms with van der Waals surface area (Å²) in [4.78, 5) is 76.7. The number of benzene rings is 3. The van der Waals surface area contributed by atoms with Crippen LogP contribution in [0.4, 0.5) is 0 Å². The van der Waals surface area contributed by atoms with Gasteiger partial charge >= 0.3 is 0 Å². The first-order chi connectivity index (χ1) is 33.1. The lowest BCUT2D eigenvalue weighted by Crippen LogP contribution is -2.74. The molecule has 2 fully saturated rings. The van der Waals surface area contributed by atoms with E-state index in [1.165, 1.54) is 4.90 Å². The minimum absolute atomic E-state index is 0.00547. The number of thiazole rings is 1. The van der Waals surface area contributed by atoms with E-state index >= 15 is 0 Å². The number of aliphatic hydroxyl groups excluding tert-OH is 1. The third-order valence-electron chi connectivity index (χ3n) is 14.2. The molecule has 0 radical (unpaired) electrons. The van der Waals surface area contributed by atoms with Crippen LogP contribution >= 0.6 is 22.9 Å². The number of hydrogen-bond donors (Lipinski definition) is 4. The fourth-order valence-corrected chi connectivity index (χ4v) is 11.6. The lowest BCUT2D eigenvalue weighted by Gasteiger charge is -2.63. The Morgan fingerprint density at radius 2 is 1.69 bits per heavy atom. The average molecular weight is 993 g/mol. The van der Waals surface area contributed by atoms with Gasteiger partial charge in [0.2, 0.25) is 17.7 Å². The lowest BCUT2D eigenvalue weighted by molar-refractivity contribution is -0.164. The van der Waals surface area contributed by atoms with E-state index in [0.717, 1.165) is 52.9 Å². The van der Waals surface area contributed by atoms with Gasteiger partial charge in [0.25, 0.3) is 11.8 Å². The SMILES string of the molecule is Cc1ncsc1-c1ccc(CNC(=O)[C@@H]2C[C@@H](O)CN2C(=O)[C@@H](NC(=O)CCCCCCCN2Cc3ccc(C(=O)NC4C(C)(C)C(Oc5ccc(C#N)c(Cl)c5)C4(C)C)cc3C2=O)C(C)(C)C)cc1. The van der Waals surface area contributed by atoms with E-state index in [-0.39, 0.29) is 61.7 Å². The molecule has 7 rings (SSSR count). The number of nitrogens with zero attached hydrogens (tertiary/aromatic N) is 4. The third-order valence-corrected chi connectivity index (χ3v) is 15.5. The van der Waals surface area contributed by atoms with Crippen molar-refractivity contribution in [3.05, 3.63) is 105 Å². The predicted molar refractivity (Wildman–Crippen MR) is 270 cm³/mol. The number of aryl methyl sites for hydroxylation is 1. The molecule has 3 atom stereocenters. The van der Waals surface area contributed by atoms with Crippen molar-refractivity contribution >= 4 is 52.5 Å². The largest absolute Gasteiger partial charge is 0.489 e. The van der Waals surface area contributed by atoms with Crippen LogP contribution in [-0.2, 0) is 27.5 Å².